The lowest BCUT2D eigenvalue weighted by molar-refractivity contribution is -0.121. The third-order valence-electron chi connectivity index (χ3n) is 2.26. The van der Waals surface area contributed by atoms with Crippen molar-refractivity contribution in [1.29, 1.82) is 0 Å². The minimum atomic E-state index is -0.115. The number of amides is 2. The second-order valence-electron chi connectivity index (χ2n) is 3.65. The van der Waals surface area contributed by atoms with Crippen molar-refractivity contribution in [3.63, 3.8) is 0 Å². The largest absolute Gasteiger partial charge is 0.358 e. The quantitative estimate of drug-likeness (QED) is 0.469. The molecule has 0 spiro atoms. The van der Waals surface area contributed by atoms with E-state index in [0.29, 0.717) is 25.3 Å². The standard InChI is InChI=1S/C11H20N2O3S/c1-3-9(2)11(16)17-7-6-13-10(15)4-5-12-8-14/h8-9H,3-7H2,1-2H3,(H,12,14)(H,13,15). The Morgan fingerprint density at radius 1 is 1.35 bits per heavy atom. The lowest BCUT2D eigenvalue weighted by Crippen LogP contribution is -2.29. The third-order valence-corrected chi connectivity index (χ3v) is 3.36. The summed E-state index contributed by atoms with van der Waals surface area (Å²) in [5, 5.41) is 5.27. The van der Waals surface area contributed by atoms with Crippen LogP contribution in [0.3, 0.4) is 0 Å². The van der Waals surface area contributed by atoms with E-state index in [1.807, 2.05) is 13.8 Å². The zero-order chi connectivity index (χ0) is 13.1. The maximum absolute atomic E-state index is 11.4. The molecule has 5 nitrogen and oxygen atoms in total. The van der Waals surface area contributed by atoms with Crippen LogP contribution in [0.4, 0.5) is 0 Å². The Morgan fingerprint density at radius 3 is 2.65 bits per heavy atom. The summed E-state index contributed by atoms with van der Waals surface area (Å²) in [7, 11) is 0. The van der Waals surface area contributed by atoms with E-state index in [2.05, 4.69) is 10.6 Å². The number of carbonyl (C=O) groups is 3. The Bertz CT molecular complexity index is 259. The van der Waals surface area contributed by atoms with Gasteiger partial charge in [0.1, 0.15) is 0 Å². The summed E-state index contributed by atoms with van der Waals surface area (Å²) in [6.07, 6.45) is 1.67. The van der Waals surface area contributed by atoms with E-state index in [0.717, 1.165) is 6.42 Å². The number of rotatable bonds is 9. The van der Waals surface area contributed by atoms with Crippen LogP contribution in [0.2, 0.25) is 0 Å². The molecular weight excluding hydrogens is 240 g/mol. The fourth-order valence-electron chi connectivity index (χ4n) is 0.984. The van der Waals surface area contributed by atoms with Crippen molar-refractivity contribution in [1.82, 2.24) is 10.6 Å². The maximum Gasteiger partial charge on any atom is 0.221 e. The van der Waals surface area contributed by atoms with Crippen molar-refractivity contribution in [2.75, 3.05) is 18.8 Å². The van der Waals surface area contributed by atoms with Gasteiger partial charge in [-0.05, 0) is 6.42 Å². The zero-order valence-electron chi connectivity index (χ0n) is 10.3. The van der Waals surface area contributed by atoms with Crippen LogP contribution in [-0.2, 0) is 14.4 Å². The SMILES string of the molecule is CCC(C)C(=O)SCCNC(=O)CCNC=O. The summed E-state index contributed by atoms with van der Waals surface area (Å²) in [6, 6.07) is 0. The number of hydrogen-bond acceptors (Lipinski definition) is 4. The van der Waals surface area contributed by atoms with Crippen molar-refractivity contribution in [2.24, 2.45) is 5.92 Å². The molecule has 0 radical (unpaired) electrons. The Kier molecular flexibility index (Phi) is 9.52. The van der Waals surface area contributed by atoms with Crippen LogP contribution in [0, 0.1) is 5.92 Å². The summed E-state index contributed by atoms with van der Waals surface area (Å²) in [5.41, 5.74) is 0. The van der Waals surface area contributed by atoms with Gasteiger partial charge < -0.3 is 10.6 Å². The number of carbonyl (C=O) groups excluding carboxylic acids is 3. The molecule has 17 heavy (non-hydrogen) atoms. The first kappa shape index (κ1) is 16.0. The highest BCUT2D eigenvalue weighted by atomic mass is 32.2. The first-order valence-electron chi connectivity index (χ1n) is 5.72. The molecule has 2 N–H and O–H groups in total. The highest BCUT2D eigenvalue weighted by Crippen LogP contribution is 2.12. The first-order chi connectivity index (χ1) is 8.11. The lowest BCUT2D eigenvalue weighted by Gasteiger charge is -2.07. The fourth-order valence-corrected chi connectivity index (χ4v) is 1.84. The van der Waals surface area contributed by atoms with Crippen LogP contribution in [0.25, 0.3) is 0 Å². The molecule has 0 aromatic carbocycles. The molecule has 0 fully saturated rings. The van der Waals surface area contributed by atoms with E-state index in [-0.39, 0.29) is 23.4 Å². The summed E-state index contributed by atoms with van der Waals surface area (Å²) >= 11 is 1.25. The number of hydrogen-bond donors (Lipinski definition) is 2. The molecule has 0 aliphatic heterocycles. The smallest absolute Gasteiger partial charge is 0.221 e. The predicted molar refractivity (Wildman–Crippen MR) is 68.6 cm³/mol. The second kappa shape index (κ2) is 10.1. The van der Waals surface area contributed by atoms with Gasteiger partial charge in [0.05, 0.1) is 0 Å². The highest BCUT2D eigenvalue weighted by Gasteiger charge is 2.10. The van der Waals surface area contributed by atoms with Gasteiger partial charge in [-0.25, -0.2) is 0 Å². The van der Waals surface area contributed by atoms with Gasteiger partial charge in [0.15, 0.2) is 5.12 Å². The van der Waals surface area contributed by atoms with Crippen LogP contribution in [0.5, 0.6) is 0 Å². The van der Waals surface area contributed by atoms with Crippen molar-refractivity contribution in [3.8, 4) is 0 Å². The zero-order valence-corrected chi connectivity index (χ0v) is 11.1. The molecule has 0 heterocycles. The van der Waals surface area contributed by atoms with Gasteiger partial charge in [-0.1, -0.05) is 25.6 Å². The van der Waals surface area contributed by atoms with E-state index in [1.54, 1.807) is 0 Å². The van der Waals surface area contributed by atoms with Gasteiger partial charge in [0.2, 0.25) is 12.3 Å². The van der Waals surface area contributed by atoms with Crippen LogP contribution >= 0.6 is 11.8 Å². The molecular formula is C11H20N2O3S. The molecule has 0 aliphatic rings. The van der Waals surface area contributed by atoms with Crippen molar-refractivity contribution in [2.45, 2.75) is 26.7 Å². The molecule has 0 saturated heterocycles. The second-order valence-corrected chi connectivity index (χ2v) is 4.75. The summed E-state index contributed by atoms with van der Waals surface area (Å²) < 4.78 is 0. The average Bonchev–Trinajstić information content (AvgIpc) is 2.33. The molecule has 0 rings (SSSR count). The van der Waals surface area contributed by atoms with E-state index in [1.165, 1.54) is 11.8 Å². The Labute approximate surface area is 106 Å². The summed E-state index contributed by atoms with van der Waals surface area (Å²) in [6.45, 7) is 4.70. The van der Waals surface area contributed by atoms with Crippen LogP contribution < -0.4 is 10.6 Å². The topological polar surface area (TPSA) is 75.3 Å². The molecule has 0 aliphatic carbocycles. The Balaban J connectivity index is 3.47. The van der Waals surface area contributed by atoms with Gasteiger partial charge in [0.25, 0.3) is 0 Å². The number of thioether (sulfide) groups is 1. The lowest BCUT2D eigenvalue weighted by atomic mass is 10.1. The molecule has 0 bridgehead atoms. The number of nitrogens with one attached hydrogen (secondary N) is 2. The first-order valence-corrected chi connectivity index (χ1v) is 6.70. The maximum atomic E-state index is 11.4. The predicted octanol–water partition coefficient (Wildman–Crippen LogP) is 0.545. The normalized spacial score (nSPS) is 11.6. The van der Waals surface area contributed by atoms with Gasteiger partial charge >= 0.3 is 0 Å². The fraction of sp³-hybridized carbons (Fsp3) is 0.727. The van der Waals surface area contributed by atoms with Crippen LogP contribution in [0.15, 0.2) is 0 Å². The van der Waals surface area contributed by atoms with Crippen molar-refractivity contribution >= 4 is 29.2 Å². The minimum absolute atomic E-state index is 0.0764. The molecule has 0 saturated carbocycles. The van der Waals surface area contributed by atoms with Crippen molar-refractivity contribution < 1.29 is 14.4 Å². The minimum Gasteiger partial charge on any atom is -0.358 e. The Morgan fingerprint density at radius 2 is 2.06 bits per heavy atom. The summed E-state index contributed by atoms with van der Waals surface area (Å²) in [5.74, 6) is 0.555. The molecule has 6 heteroatoms. The van der Waals surface area contributed by atoms with Gasteiger partial charge in [-0.15, -0.1) is 0 Å². The van der Waals surface area contributed by atoms with Crippen LogP contribution in [-0.4, -0.2) is 36.3 Å². The molecule has 0 aromatic heterocycles. The van der Waals surface area contributed by atoms with Crippen molar-refractivity contribution in [3.05, 3.63) is 0 Å². The van der Waals surface area contributed by atoms with Gasteiger partial charge in [0, 0.05) is 31.2 Å². The highest BCUT2D eigenvalue weighted by molar-refractivity contribution is 8.13. The van der Waals surface area contributed by atoms with E-state index >= 15 is 0 Å². The van der Waals surface area contributed by atoms with Gasteiger partial charge in [-0.3, -0.25) is 14.4 Å². The molecule has 98 valence electrons. The van der Waals surface area contributed by atoms with E-state index in [4.69, 9.17) is 0 Å². The van der Waals surface area contributed by atoms with E-state index in [9.17, 15) is 14.4 Å². The van der Waals surface area contributed by atoms with Crippen LogP contribution in [0.1, 0.15) is 26.7 Å². The monoisotopic (exact) mass is 260 g/mol. The third kappa shape index (κ3) is 8.74. The summed E-state index contributed by atoms with van der Waals surface area (Å²) in [4.78, 5) is 32.6. The van der Waals surface area contributed by atoms with E-state index < -0.39 is 0 Å². The molecule has 2 amide bonds. The molecule has 1 unspecified atom stereocenters. The average molecular weight is 260 g/mol. The van der Waals surface area contributed by atoms with Gasteiger partial charge in [-0.2, -0.15) is 0 Å². The molecule has 0 aromatic rings. The molecule has 1 atom stereocenters. The Hall–Kier alpha value is -1.04.